The minimum atomic E-state index is 0.774. The third-order valence-electron chi connectivity index (χ3n) is 3.22. The van der Waals surface area contributed by atoms with Crippen molar-refractivity contribution in [3.8, 4) is 0 Å². The van der Waals surface area contributed by atoms with Crippen LogP contribution in [-0.2, 0) is 17.7 Å². The lowest BCUT2D eigenvalue weighted by molar-refractivity contribution is 0.147. The summed E-state index contributed by atoms with van der Waals surface area (Å²) < 4.78 is 7.45. The molecule has 0 unspecified atom stereocenters. The Morgan fingerprint density at radius 2 is 2.10 bits per heavy atom. The summed E-state index contributed by atoms with van der Waals surface area (Å²) in [6.07, 6.45) is 5.77. The molecule has 114 valence electrons. The molecule has 0 radical (unpaired) electrons. The zero-order valence-electron chi connectivity index (χ0n) is 12.4. The van der Waals surface area contributed by atoms with Crippen LogP contribution in [0.5, 0.6) is 0 Å². The lowest BCUT2D eigenvalue weighted by atomic mass is 10.1. The predicted octanol–water partition coefficient (Wildman–Crippen LogP) is 3.62. The predicted molar refractivity (Wildman–Crippen MR) is 87.0 cm³/mol. The Balaban J connectivity index is 1.78. The molecule has 4 nitrogen and oxygen atoms in total. The second-order valence-corrected chi connectivity index (χ2v) is 5.23. The minimum Gasteiger partial charge on any atom is -0.382 e. The van der Waals surface area contributed by atoms with Crippen molar-refractivity contribution in [2.24, 2.45) is 0 Å². The van der Waals surface area contributed by atoms with Gasteiger partial charge in [0.1, 0.15) is 0 Å². The average molecular weight is 308 g/mol. The molecule has 21 heavy (non-hydrogen) atoms. The Labute approximate surface area is 131 Å². The normalized spacial score (nSPS) is 10.8. The van der Waals surface area contributed by atoms with Crippen molar-refractivity contribution in [2.75, 3.05) is 25.1 Å². The van der Waals surface area contributed by atoms with E-state index in [-0.39, 0.29) is 0 Å². The molecule has 0 saturated carbocycles. The molecule has 0 spiro atoms. The molecule has 0 amide bonds. The summed E-state index contributed by atoms with van der Waals surface area (Å²) in [6.45, 7) is 5.34. The van der Waals surface area contributed by atoms with Crippen LogP contribution in [0.15, 0.2) is 36.7 Å². The Bertz CT molecular complexity index is 525. The Morgan fingerprint density at radius 3 is 2.86 bits per heavy atom. The van der Waals surface area contributed by atoms with E-state index in [0.717, 1.165) is 50.1 Å². The summed E-state index contributed by atoms with van der Waals surface area (Å²) in [7, 11) is 0. The van der Waals surface area contributed by atoms with Crippen molar-refractivity contribution in [1.29, 1.82) is 0 Å². The molecule has 1 aromatic carbocycles. The molecule has 0 aliphatic rings. The van der Waals surface area contributed by atoms with Gasteiger partial charge < -0.3 is 14.6 Å². The average Bonchev–Trinajstić information content (AvgIpc) is 2.94. The van der Waals surface area contributed by atoms with Gasteiger partial charge in [-0.1, -0.05) is 23.7 Å². The van der Waals surface area contributed by atoms with E-state index in [0.29, 0.717) is 0 Å². The van der Waals surface area contributed by atoms with Crippen LogP contribution in [0.4, 0.5) is 5.95 Å². The highest BCUT2D eigenvalue weighted by Crippen LogP contribution is 2.12. The summed E-state index contributed by atoms with van der Waals surface area (Å²) in [5.74, 6) is 0.917. The SMILES string of the molecule is CCOCCCNc1nccn1CCc1ccc(Cl)cc1. The summed E-state index contributed by atoms with van der Waals surface area (Å²) >= 11 is 5.89. The third kappa shape index (κ3) is 5.40. The number of aromatic nitrogens is 2. The molecule has 0 aliphatic carbocycles. The summed E-state index contributed by atoms with van der Waals surface area (Å²) in [5.41, 5.74) is 1.27. The maximum absolute atomic E-state index is 5.89. The Morgan fingerprint density at radius 1 is 1.29 bits per heavy atom. The second kappa shape index (κ2) is 8.70. The number of benzene rings is 1. The second-order valence-electron chi connectivity index (χ2n) is 4.80. The van der Waals surface area contributed by atoms with Crippen LogP contribution >= 0.6 is 11.6 Å². The molecule has 5 heteroatoms. The number of anilines is 1. The topological polar surface area (TPSA) is 39.1 Å². The van der Waals surface area contributed by atoms with Crippen LogP contribution in [0.25, 0.3) is 0 Å². The number of rotatable bonds is 9. The van der Waals surface area contributed by atoms with Crippen molar-refractivity contribution in [2.45, 2.75) is 26.3 Å². The summed E-state index contributed by atoms with van der Waals surface area (Å²) in [5, 5.41) is 4.12. The van der Waals surface area contributed by atoms with Crippen LogP contribution in [0.3, 0.4) is 0 Å². The maximum atomic E-state index is 5.89. The van der Waals surface area contributed by atoms with Crippen LogP contribution in [0.2, 0.25) is 5.02 Å². The number of nitrogens with zero attached hydrogens (tertiary/aromatic N) is 2. The van der Waals surface area contributed by atoms with Crippen molar-refractivity contribution in [3.05, 3.63) is 47.2 Å². The molecule has 0 saturated heterocycles. The van der Waals surface area contributed by atoms with Crippen LogP contribution in [-0.4, -0.2) is 29.3 Å². The molecular weight excluding hydrogens is 286 g/mol. The van der Waals surface area contributed by atoms with Gasteiger partial charge in [-0.3, -0.25) is 0 Å². The monoisotopic (exact) mass is 307 g/mol. The van der Waals surface area contributed by atoms with Crippen molar-refractivity contribution in [1.82, 2.24) is 9.55 Å². The highest BCUT2D eigenvalue weighted by atomic mass is 35.5. The molecule has 1 N–H and O–H groups in total. The van der Waals surface area contributed by atoms with Gasteiger partial charge >= 0.3 is 0 Å². The van der Waals surface area contributed by atoms with Crippen molar-refractivity contribution >= 4 is 17.5 Å². The number of hydrogen-bond acceptors (Lipinski definition) is 3. The van der Waals surface area contributed by atoms with Crippen LogP contribution in [0.1, 0.15) is 18.9 Å². The van der Waals surface area contributed by atoms with E-state index in [2.05, 4.69) is 27.0 Å². The fourth-order valence-electron chi connectivity index (χ4n) is 2.08. The molecule has 2 aromatic rings. The standard InChI is InChI=1S/C16H22ClN3O/c1-2-21-13-3-9-18-16-19-10-12-20(16)11-8-14-4-6-15(17)7-5-14/h4-7,10,12H,2-3,8-9,11,13H2,1H3,(H,18,19). The third-order valence-corrected chi connectivity index (χ3v) is 3.47. The maximum Gasteiger partial charge on any atom is 0.202 e. The Kier molecular flexibility index (Phi) is 6.57. The number of aryl methyl sites for hydroxylation is 2. The largest absolute Gasteiger partial charge is 0.382 e. The summed E-state index contributed by atoms with van der Waals surface area (Å²) in [6, 6.07) is 7.98. The first-order valence-corrected chi connectivity index (χ1v) is 7.74. The van der Waals surface area contributed by atoms with E-state index < -0.39 is 0 Å². The lowest BCUT2D eigenvalue weighted by Gasteiger charge is -2.10. The van der Waals surface area contributed by atoms with Crippen molar-refractivity contribution in [3.63, 3.8) is 0 Å². The van der Waals surface area contributed by atoms with Gasteiger partial charge in [0.05, 0.1) is 0 Å². The first-order chi connectivity index (χ1) is 10.3. The van der Waals surface area contributed by atoms with E-state index in [1.54, 1.807) is 0 Å². The van der Waals surface area contributed by atoms with Crippen molar-refractivity contribution < 1.29 is 4.74 Å². The van der Waals surface area contributed by atoms with Gasteiger partial charge in [-0.05, 0) is 37.5 Å². The van der Waals surface area contributed by atoms with Gasteiger partial charge in [0.2, 0.25) is 5.95 Å². The number of hydrogen-bond donors (Lipinski definition) is 1. The molecule has 0 atom stereocenters. The molecular formula is C16H22ClN3O. The lowest BCUT2D eigenvalue weighted by Crippen LogP contribution is -2.11. The fourth-order valence-corrected chi connectivity index (χ4v) is 2.20. The first-order valence-electron chi connectivity index (χ1n) is 7.37. The molecule has 2 rings (SSSR count). The number of halogens is 1. The molecule has 0 aliphatic heterocycles. The van der Waals surface area contributed by atoms with Gasteiger partial charge in [0.15, 0.2) is 0 Å². The molecule has 0 fully saturated rings. The van der Waals surface area contributed by atoms with Crippen LogP contribution < -0.4 is 5.32 Å². The van der Waals surface area contributed by atoms with E-state index in [1.165, 1.54) is 5.56 Å². The summed E-state index contributed by atoms with van der Waals surface area (Å²) in [4.78, 5) is 4.35. The fraction of sp³-hybridized carbons (Fsp3) is 0.438. The number of ether oxygens (including phenoxy) is 1. The van der Waals surface area contributed by atoms with Gasteiger partial charge in [0.25, 0.3) is 0 Å². The molecule has 0 bridgehead atoms. The minimum absolute atomic E-state index is 0.774. The van der Waals surface area contributed by atoms with Gasteiger partial charge in [0, 0.05) is 43.7 Å². The van der Waals surface area contributed by atoms with Gasteiger partial charge in [-0.15, -0.1) is 0 Å². The zero-order valence-corrected chi connectivity index (χ0v) is 13.1. The highest BCUT2D eigenvalue weighted by molar-refractivity contribution is 6.30. The quantitative estimate of drug-likeness (QED) is 0.719. The van der Waals surface area contributed by atoms with E-state index in [9.17, 15) is 0 Å². The van der Waals surface area contributed by atoms with Crippen LogP contribution in [0, 0.1) is 0 Å². The van der Waals surface area contributed by atoms with E-state index in [4.69, 9.17) is 16.3 Å². The highest BCUT2D eigenvalue weighted by Gasteiger charge is 2.02. The van der Waals surface area contributed by atoms with E-state index >= 15 is 0 Å². The number of imidazole rings is 1. The number of nitrogens with one attached hydrogen (secondary N) is 1. The van der Waals surface area contributed by atoms with Gasteiger partial charge in [-0.2, -0.15) is 0 Å². The molecule has 1 aromatic heterocycles. The van der Waals surface area contributed by atoms with Gasteiger partial charge in [-0.25, -0.2) is 4.98 Å². The Hall–Kier alpha value is -1.52. The zero-order chi connectivity index (χ0) is 14.9. The molecule has 1 heterocycles. The van der Waals surface area contributed by atoms with E-state index in [1.807, 2.05) is 31.5 Å². The smallest absolute Gasteiger partial charge is 0.202 e. The first kappa shape index (κ1) is 15.9.